The molecule has 2 aromatic heterocycles. The molecule has 0 bridgehead atoms. The van der Waals surface area contributed by atoms with Crippen molar-refractivity contribution in [3.8, 4) is 5.69 Å². The number of carbonyl (C=O) groups is 1. The number of halogens is 1. The Morgan fingerprint density at radius 3 is 2.81 bits per heavy atom. The van der Waals surface area contributed by atoms with Crippen molar-refractivity contribution in [2.45, 2.75) is 50.0 Å². The van der Waals surface area contributed by atoms with E-state index in [1.165, 1.54) is 4.68 Å². The third-order valence-electron chi connectivity index (χ3n) is 6.04. The van der Waals surface area contributed by atoms with Gasteiger partial charge in [-0.25, -0.2) is 23.2 Å². The first-order chi connectivity index (χ1) is 15.3. The smallest absolute Gasteiger partial charge is 0.305 e. The highest BCUT2D eigenvalue weighted by molar-refractivity contribution is 7.91. The second-order valence-corrected chi connectivity index (χ2v) is 9.93. The minimum absolute atomic E-state index is 0.318. The number of carbonyl (C=O) groups excluding carboxylic acids is 1. The van der Waals surface area contributed by atoms with E-state index in [4.69, 9.17) is 10.1 Å². The van der Waals surface area contributed by atoms with Crippen LogP contribution in [0.5, 0.6) is 0 Å². The lowest BCUT2D eigenvalue weighted by atomic mass is 10.0. The van der Waals surface area contributed by atoms with Crippen LogP contribution in [0.25, 0.3) is 5.69 Å². The number of hydrogen-bond acceptors (Lipinski definition) is 4. The molecule has 1 unspecified atom stereocenters. The molecule has 2 heterocycles. The van der Waals surface area contributed by atoms with Gasteiger partial charge in [0, 0.05) is 11.4 Å². The van der Waals surface area contributed by atoms with Gasteiger partial charge in [-0.2, -0.15) is 5.10 Å². The Labute approximate surface area is 185 Å². The van der Waals surface area contributed by atoms with Crippen LogP contribution < -0.4 is 10.5 Å². The summed E-state index contributed by atoms with van der Waals surface area (Å²) in [5.41, 5.74) is 5.27. The molecule has 0 saturated carbocycles. The number of pyridine rings is 1. The van der Waals surface area contributed by atoms with Crippen LogP contribution in [0.3, 0.4) is 0 Å². The normalized spacial score (nSPS) is 18.7. The van der Waals surface area contributed by atoms with E-state index in [0.29, 0.717) is 17.3 Å². The molecule has 10 heteroatoms. The molecular formula is C22H23FN6O2S. The number of urea groups is 1. The molecular weight excluding hydrogens is 431 g/mol. The molecule has 32 heavy (non-hydrogen) atoms. The first kappa shape index (κ1) is 20.8. The summed E-state index contributed by atoms with van der Waals surface area (Å²) in [7, 11) is -3.90. The van der Waals surface area contributed by atoms with Crippen LogP contribution in [0, 0.1) is 5.82 Å². The molecule has 0 spiro atoms. The maximum atomic E-state index is 14.5. The zero-order valence-corrected chi connectivity index (χ0v) is 18.4. The predicted octanol–water partition coefficient (Wildman–Crippen LogP) is 3.88. The van der Waals surface area contributed by atoms with Gasteiger partial charge in [0.15, 0.2) is 15.7 Å². The Hall–Kier alpha value is -3.11. The fraction of sp³-hybridized carbons (Fsp3) is 0.318. The number of nitrogens with two attached hydrogens (primary N) is 1. The zero-order valence-electron chi connectivity index (χ0n) is 17.5. The van der Waals surface area contributed by atoms with Crippen molar-refractivity contribution in [2.75, 3.05) is 5.32 Å². The Morgan fingerprint density at radius 2 is 2.03 bits per heavy atom. The Kier molecular flexibility index (Phi) is 5.06. The largest absolute Gasteiger partial charge is 0.354 e. The maximum absolute atomic E-state index is 14.5. The molecule has 8 nitrogen and oxygen atoms in total. The number of aromatic nitrogens is 3. The van der Waals surface area contributed by atoms with Crippen molar-refractivity contribution in [2.24, 2.45) is 9.50 Å². The van der Waals surface area contributed by atoms with E-state index in [2.05, 4.69) is 21.7 Å². The van der Waals surface area contributed by atoms with Gasteiger partial charge in [-0.1, -0.05) is 25.1 Å². The molecule has 0 aliphatic heterocycles. The van der Waals surface area contributed by atoms with E-state index < -0.39 is 26.8 Å². The summed E-state index contributed by atoms with van der Waals surface area (Å²) < 4.78 is 32.4. The van der Waals surface area contributed by atoms with E-state index in [1.807, 2.05) is 6.07 Å². The van der Waals surface area contributed by atoms with Gasteiger partial charge in [0.25, 0.3) is 0 Å². The van der Waals surface area contributed by atoms with Gasteiger partial charge in [-0.15, -0.1) is 4.36 Å². The molecule has 2 amide bonds. The summed E-state index contributed by atoms with van der Waals surface area (Å²) in [5, 5.41) is 12.0. The van der Waals surface area contributed by atoms with Crippen LogP contribution in [-0.4, -0.2) is 25.0 Å². The van der Waals surface area contributed by atoms with E-state index in [0.717, 1.165) is 60.8 Å². The molecule has 166 valence electrons. The number of anilines is 1. The van der Waals surface area contributed by atoms with Crippen LogP contribution in [0.2, 0.25) is 0 Å². The first-order valence-electron chi connectivity index (χ1n) is 10.5. The lowest BCUT2D eigenvalue weighted by Crippen LogP contribution is -2.20. The molecule has 0 fully saturated rings. The Morgan fingerprint density at radius 1 is 1.25 bits per heavy atom. The highest BCUT2D eigenvalue weighted by Crippen LogP contribution is 2.41. The molecule has 0 radical (unpaired) electrons. The van der Waals surface area contributed by atoms with Crippen LogP contribution in [-0.2, 0) is 29.2 Å². The second-order valence-electron chi connectivity index (χ2n) is 8.22. The zero-order chi connectivity index (χ0) is 22.5. The standard InChI is InChI=1S/C22H23FN6O2S/c1-13-10-11-16-19(13)25-18-9-5-8-15(18)20(16)26-22(30)28-32(24,31)21-17(23)12-29(27-21)14-6-3-2-4-7-14/h2-4,6-7,12-13H,5,8-11H2,1H3,(H3,24,25,26,28,30,31)/t13-,32?/m1/s1. The van der Waals surface area contributed by atoms with Crippen molar-refractivity contribution >= 4 is 21.6 Å². The van der Waals surface area contributed by atoms with E-state index in [9.17, 15) is 13.4 Å². The summed E-state index contributed by atoms with van der Waals surface area (Å²) in [5.74, 6) is -0.573. The maximum Gasteiger partial charge on any atom is 0.354 e. The van der Waals surface area contributed by atoms with Gasteiger partial charge in [0.05, 0.1) is 17.6 Å². The molecule has 1 aromatic carbocycles. The number of benzene rings is 1. The number of hydrogen-bond donors (Lipinski definition) is 2. The molecule has 2 atom stereocenters. The minimum atomic E-state index is -3.90. The average molecular weight is 455 g/mol. The van der Waals surface area contributed by atoms with Crippen LogP contribution in [0.1, 0.15) is 48.2 Å². The van der Waals surface area contributed by atoms with Gasteiger partial charge >= 0.3 is 6.03 Å². The summed E-state index contributed by atoms with van der Waals surface area (Å²) in [6, 6.07) is 7.88. The number of nitrogens with one attached hydrogen (secondary N) is 1. The van der Waals surface area contributed by atoms with E-state index >= 15 is 0 Å². The van der Waals surface area contributed by atoms with Crippen LogP contribution in [0.15, 0.2) is 45.9 Å². The average Bonchev–Trinajstić information content (AvgIpc) is 3.47. The van der Waals surface area contributed by atoms with Crippen molar-refractivity contribution in [1.82, 2.24) is 14.8 Å². The molecule has 2 aliphatic rings. The number of nitrogens with zero attached hydrogens (tertiary/aromatic N) is 4. The SMILES string of the molecule is C[C@@H]1CCc2c1nc1c(c2NC(=O)N=S(N)(=O)c2nn(-c3ccccc3)cc2F)CCC1. The number of fused-ring (bicyclic) bond motifs is 2. The lowest BCUT2D eigenvalue weighted by Gasteiger charge is -2.15. The number of amides is 2. The third-order valence-corrected chi connectivity index (χ3v) is 7.31. The van der Waals surface area contributed by atoms with Crippen molar-refractivity contribution in [3.63, 3.8) is 0 Å². The van der Waals surface area contributed by atoms with Crippen LogP contribution in [0.4, 0.5) is 14.9 Å². The molecule has 5 rings (SSSR count). The summed E-state index contributed by atoms with van der Waals surface area (Å²) in [4.78, 5) is 17.6. The topological polar surface area (TPSA) is 115 Å². The highest BCUT2D eigenvalue weighted by atomic mass is 32.2. The van der Waals surface area contributed by atoms with Gasteiger partial charge in [-0.05, 0) is 61.3 Å². The van der Waals surface area contributed by atoms with Crippen molar-refractivity contribution in [3.05, 3.63) is 64.9 Å². The minimum Gasteiger partial charge on any atom is -0.305 e. The number of para-hydroxylation sites is 1. The van der Waals surface area contributed by atoms with Gasteiger partial charge < -0.3 is 5.32 Å². The Balaban J connectivity index is 1.48. The number of aryl methyl sites for hydroxylation is 1. The highest BCUT2D eigenvalue weighted by Gasteiger charge is 2.30. The number of rotatable bonds is 3. The summed E-state index contributed by atoms with van der Waals surface area (Å²) >= 11 is 0. The Bertz CT molecular complexity index is 1340. The monoisotopic (exact) mass is 454 g/mol. The van der Waals surface area contributed by atoms with Gasteiger partial charge in [0.1, 0.15) is 0 Å². The second kappa shape index (κ2) is 7.79. The molecule has 0 saturated heterocycles. The van der Waals surface area contributed by atoms with Crippen molar-refractivity contribution in [1.29, 1.82) is 0 Å². The van der Waals surface area contributed by atoms with Gasteiger partial charge in [-0.3, -0.25) is 4.98 Å². The lowest BCUT2D eigenvalue weighted by molar-refractivity contribution is 0.260. The fourth-order valence-corrected chi connectivity index (χ4v) is 5.41. The fourth-order valence-electron chi connectivity index (χ4n) is 4.50. The van der Waals surface area contributed by atoms with Gasteiger partial charge in [0.2, 0.25) is 5.03 Å². The predicted molar refractivity (Wildman–Crippen MR) is 119 cm³/mol. The first-order valence-corrected chi connectivity index (χ1v) is 12.1. The van der Waals surface area contributed by atoms with E-state index in [1.54, 1.807) is 24.3 Å². The van der Waals surface area contributed by atoms with E-state index in [-0.39, 0.29) is 0 Å². The molecule has 3 aromatic rings. The summed E-state index contributed by atoms with van der Waals surface area (Å²) in [6.45, 7) is 2.12. The van der Waals surface area contributed by atoms with Crippen molar-refractivity contribution < 1.29 is 13.4 Å². The quantitative estimate of drug-likeness (QED) is 0.625. The summed E-state index contributed by atoms with van der Waals surface area (Å²) in [6.07, 6.45) is 5.48. The molecule has 2 aliphatic carbocycles. The van der Waals surface area contributed by atoms with Crippen LogP contribution >= 0.6 is 0 Å². The molecule has 3 N–H and O–H groups in total. The third kappa shape index (κ3) is 3.59.